The predicted octanol–water partition coefficient (Wildman–Crippen LogP) is 3.20. The minimum absolute atomic E-state index is 0.291. The quantitative estimate of drug-likeness (QED) is 0.847. The van der Waals surface area contributed by atoms with Crippen LogP contribution in [0.1, 0.15) is 31.2 Å². The van der Waals surface area contributed by atoms with Gasteiger partial charge in [0.25, 0.3) is 0 Å². The summed E-state index contributed by atoms with van der Waals surface area (Å²) in [6.45, 7) is 1.90. The van der Waals surface area contributed by atoms with Crippen LogP contribution in [0, 0.1) is 5.41 Å². The van der Waals surface area contributed by atoms with E-state index in [9.17, 15) is 18.0 Å². The summed E-state index contributed by atoms with van der Waals surface area (Å²) in [4.78, 5) is 25.7. The lowest BCUT2D eigenvalue weighted by atomic mass is 9.60. The maximum Gasteiger partial charge on any atom is 0.490 e. The van der Waals surface area contributed by atoms with Crippen LogP contribution in [0.25, 0.3) is 0 Å². The van der Waals surface area contributed by atoms with Gasteiger partial charge < -0.3 is 14.9 Å². The minimum Gasteiger partial charge on any atom is -0.475 e. The van der Waals surface area contributed by atoms with Crippen LogP contribution in [0.3, 0.4) is 0 Å². The normalized spacial score (nSPS) is 19.0. The van der Waals surface area contributed by atoms with Crippen LogP contribution in [0.15, 0.2) is 30.3 Å². The Morgan fingerprint density at radius 3 is 2.07 bits per heavy atom. The van der Waals surface area contributed by atoms with E-state index in [2.05, 4.69) is 23.9 Å². The summed E-state index contributed by atoms with van der Waals surface area (Å²) < 4.78 is 31.7. The van der Waals surface area contributed by atoms with Crippen molar-refractivity contribution in [3.63, 3.8) is 0 Å². The van der Waals surface area contributed by atoms with E-state index in [0.29, 0.717) is 17.7 Å². The fourth-order valence-electron chi connectivity index (χ4n) is 3.83. The molecule has 2 fully saturated rings. The molecule has 0 unspecified atom stereocenters. The van der Waals surface area contributed by atoms with E-state index in [1.165, 1.54) is 25.7 Å². The highest BCUT2D eigenvalue weighted by atomic mass is 19.4. The molecule has 1 saturated carbocycles. The lowest BCUT2D eigenvalue weighted by Crippen LogP contribution is -2.54. The standard InChI is InChI=1S/C18H26N2O.C2HF3O2/c1-19(2)16-13-18(14-16)8-10-20(11-9-18)17(21)12-15-6-4-3-5-7-15;3-2(4,5)1(6)7/h3-7,16H,8-14H2,1-2H3;(H,6,7). The van der Waals surface area contributed by atoms with Crippen molar-refractivity contribution in [3.8, 4) is 0 Å². The first-order valence-corrected chi connectivity index (χ1v) is 9.31. The molecular formula is C20H27F3N2O3. The van der Waals surface area contributed by atoms with E-state index in [1.807, 2.05) is 30.3 Å². The number of rotatable bonds is 3. The minimum atomic E-state index is -5.08. The lowest BCUT2D eigenvalue weighted by molar-refractivity contribution is -0.192. The van der Waals surface area contributed by atoms with Crippen LogP contribution in [0.5, 0.6) is 0 Å². The van der Waals surface area contributed by atoms with Crippen molar-refractivity contribution in [2.75, 3.05) is 27.2 Å². The van der Waals surface area contributed by atoms with Gasteiger partial charge in [-0.25, -0.2) is 4.79 Å². The molecule has 0 atom stereocenters. The molecule has 2 aliphatic rings. The molecule has 1 aliphatic heterocycles. The molecule has 1 amide bonds. The first-order chi connectivity index (χ1) is 13.0. The number of nitrogens with zero attached hydrogens (tertiary/aromatic N) is 2. The highest BCUT2D eigenvalue weighted by Gasteiger charge is 2.46. The number of carboxylic acids is 1. The molecule has 0 aromatic heterocycles. The number of hydrogen-bond acceptors (Lipinski definition) is 3. The molecule has 1 spiro atoms. The Morgan fingerprint density at radius 2 is 1.64 bits per heavy atom. The van der Waals surface area contributed by atoms with Gasteiger partial charge in [-0.1, -0.05) is 30.3 Å². The summed E-state index contributed by atoms with van der Waals surface area (Å²) in [6, 6.07) is 10.8. The summed E-state index contributed by atoms with van der Waals surface area (Å²) in [6.07, 6.45) is 0.491. The molecule has 3 rings (SSSR count). The second kappa shape index (κ2) is 8.94. The predicted molar refractivity (Wildman–Crippen MR) is 98.8 cm³/mol. The SMILES string of the molecule is CN(C)C1CC2(CCN(C(=O)Cc3ccccc3)CC2)C1.O=C(O)C(F)(F)F. The number of carbonyl (C=O) groups excluding carboxylic acids is 1. The molecule has 1 aromatic carbocycles. The second-order valence-electron chi connectivity index (χ2n) is 7.87. The van der Waals surface area contributed by atoms with Crippen molar-refractivity contribution >= 4 is 11.9 Å². The van der Waals surface area contributed by atoms with Gasteiger partial charge in [-0.15, -0.1) is 0 Å². The van der Waals surface area contributed by atoms with Gasteiger partial charge in [-0.05, 0) is 50.8 Å². The van der Waals surface area contributed by atoms with Crippen molar-refractivity contribution in [1.82, 2.24) is 9.80 Å². The summed E-state index contributed by atoms with van der Waals surface area (Å²) in [7, 11) is 4.35. The van der Waals surface area contributed by atoms with Gasteiger partial charge in [-0.2, -0.15) is 13.2 Å². The zero-order valence-corrected chi connectivity index (χ0v) is 16.2. The molecule has 8 heteroatoms. The Labute approximate surface area is 163 Å². The van der Waals surface area contributed by atoms with Gasteiger partial charge in [0, 0.05) is 19.1 Å². The molecule has 1 heterocycles. The average molecular weight is 400 g/mol. The summed E-state index contributed by atoms with van der Waals surface area (Å²) in [5, 5.41) is 7.12. The number of likely N-dealkylation sites (tertiary alicyclic amines) is 1. The van der Waals surface area contributed by atoms with E-state index in [-0.39, 0.29) is 0 Å². The number of halogens is 3. The second-order valence-corrected chi connectivity index (χ2v) is 7.87. The number of hydrogen-bond donors (Lipinski definition) is 1. The molecule has 1 N–H and O–H groups in total. The largest absolute Gasteiger partial charge is 0.490 e. The van der Waals surface area contributed by atoms with Crippen LogP contribution >= 0.6 is 0 Å². The van der Waals surface area contributed by atoms with Crippen LogP contribution in [-0.2, 0) is 16.0 Å². The highest BCUT2D eigenvalue weighted by Crippen LogP contribution is 2.50. The molecule has 0 radical (unpaired) electrons. The molecule has 156 valence electrons. The molecule has 0 bridgehead atoms. The van der Waals surface area contributed by atoms with Gasteiger partial charge in [0.2, 0.25) is 5.91 Å². The number of alkyl halides is 3. The maximum atomic E-state index is 12.4. The van der Waals surface area contributed by atoms with Gasteiger partial charge in [0.1, 0.15) is 0 Å². The van der Waals surface area contributed by atoms with Crippen LogP contribution < -0.4 is 0 Å². The first kappa shape index (κ1) is 22.2. The molecule has 1 saturated heterocycles. The third kappa shape index (κ3) is 5.95. The molecule has 1 aromatic rings. The van der Waals surface area contributed by atoms with Gasteiger partial charge in [0.15, 0.2) is 0 Å². The molecule has 1 aliphatic carbocycles. The number of piperidine rings is 1. The summed E-state index contributed by atoms with van der Waals surface area (Å²) in [5.41, 5.74) is 1.66. The van der Waals surface area contributed by atoms with Crippen molar-refractivity contribution in [2.45, 2.75) is 44.3 Å². The van der Waals surface area contributed by atoms with E-state index in [4.69, 9.17) is 9.90 Å². The number of carbonyl (C=O) groups is 2. The number of aliphatic carboxylic acids is 1. The van der Waals surface area contributed by atoms with Crippen molar-refractivity contribution < 1.29 is 27.9 Å². The average Bonchev–Trinajstić information content (AvgIpc) is 2.60. The number of amides is 1. The van der Waals surface area contributed by atoms with E-state index >= 15 is 0 Å². The third-order valence-electron chi connectivity index (χ3n) is 5.69. The summed E-state index contributed by atoms with van der Waals surface area (Å²) in [5.74, 6) is -2.47. The van der Waals surface area contributed by atoms with Crippen LogP contribution in [-0.4, -0.2) is 66.2 Å². The van der Waals surface area contributed by atoms with Crippen LogP contribution in [0.4, 0.5) is 13.2 Å². The highest BCUT2D eigenvalue weighted by molar-refractivity contribution is 5.78. The fraction of sp³-hybridized carbons (Fsp3) is 0.600. The Morgan fingerprint density at radius 1 is 1.14 bits per heavy atom. The molecular weight excluding hydrogens is 373 g/mol. The Bertz CT molecular complexity index is 661. The van der Waals surface area contributed by atoms with Gasteiger partial charge in [-0.3, -0.25) is 4.79 Å². The first-order valence-electron chi connectivity index (χ1n) is 9.31. The number of carboxylic acid groups (broad SMARTS) is 1. The monoisotopic (exact) mass is 400 g/mol. The van der Waals surface area contributed by atoms with Crippen molar-refractivity contribution in [1.29, 1.82) is 0 Å². The Hall–Kier alpha value is -2.09. The van der Waals surface area contributed by atoms with E-state index < -0.39 is 12.1 Å². The fourth-order valence-corrected chi connectivity index (χ4v) is 3.83. The molecule has 5 nitrogen and oxygen atoms in total. The zero-order chi connectivity index (χ0) is 20.9. The van der Waals surface area contributed by atoms with E-state index in [0.717, 1.165) is 24.7 Å². The topological polar surface area (TPSA) is 60.9 Å². The Balaban J connectivity index is 0.000000345. The van der Waals surface area contributed by atoms with Crippen LogP contribution in [0.2, 0.25) is 0 Å². The van der Waals surface area contributed by atoms with Gasteiger partial charge >= 0.3 is 12.1 Å². The Kier molecular flexibility index (Phi) is 7.09. The lowest BCUT2D eigenvalue weighted by Gasteiger charge is -2.54. The summed E-state index contributed by atoms with van der Waals surface area (Å²) >= 11 is 0. The zero-order valence-electron chi connectivity index (χ0n) is 16.2. The van der Waals surface area contributed by atoms with Gasteiger partial charge in [0.05, 0.1) is 6.42 Å². The van der Waals surface area contributed by atoms with Crippen molar-refractivity contribution in [2.24, 2.45) is 5.41 Å². The maximum absolute atomic E-state index is 12.4. The number of benzene rings is 1. The third-order valence-corrected chi connectivity index (χ3v) is 5.69. The molecule has 28 heavy (non-hydrogen) atoms. The van der Waals surface area contributed by atoms with Crippen molar-refractivity contribution in [3.05, 3.63) is 35.9 Å². The smallest absolute Gasteiger partial charge is 0.475 e. The van der Waals surface area contributed by atoms with E-state index in [1.54, 1.807) is 0 Å².